The molecular weight excluding hydrogens is 378 g/mol. The van der Waals surface area contributed by atoms with Crippen molar-refractivity contribution in [2.75, 3.05) is 12.9 Å². The number of benzene rings is 1. The largest absolute Gasteiger partial charge is 0.497 e. The van der Waals surface area contributed by atoms with Crippen LogP contribution in [0.15, 0.2) is 52.8 Å². The van der Waals surface area contributed by atoms with Crippen molar-refractivity contribution in [1.82, 2.24) is 24.4 Å². The number of nitrogens with one attached hydrogen (secondary N) is 1. The molecule has 2 aromatic heterocycles. The smallest absolute Gasteiger partial charge is 0.267 e. The molecule has 3 heterocycles. The number of hydrogen-bond acceptors (Lipinski definition) is 6. The summed E-state index contributed by atoms with van der Waals surface area (Å²) in [5, 5.41) is 3.59. The van der Waals surface area contributed by atoms with Crippen molar-refractivity contribution in [3.8, 4) is 5.75 Å². The molecule has 1 aromatic carbocycles. The summed E-state index contributed by atoms with van der Waals surface area (Å²) in [4.78, 5) is 34.3. The zero-order chi connectivity index (χ0) is 19.7. The minimum Gasteiger partial charge on any atom is -0.497 e. The lowest BCUT2D eigenvalue weighted by atomic mass is 10.1. The molecule has 0 radical (unpaired) electrons. The van der Waals surface area contributed by atoms with E-state index in [9.17, 15) is 9.59 Å². The van der Waals surface area contributed by atoms with Crippen molar-refractivity contribution >= 4 is 17.7 Å². The number of amides is 1. The first-order valence-electron chi connectivity index (χ1n) is 8.73. The molecule has 8 nitrogen and oxygen atoms in total. The number of carbonyl (C=O) groups excluding carboxylic acids is 1. The van der Waals surface area contributed by atoms with Gasteiger partial charge in [0.1, 0.15) is 23.2 Å². The van der Waals surface area contributed by atoms with Gasteiger partial charge >= 0.3 is 0 Å². The van der Waals surface area contributed by atoms with Gasteiger partial charge in [-0.3, -0.25) is 14.2 Å². The van der Waals surface area contributed by atoms with E-state index in [1.54, 1.807) is 24.1 Å². The predicted molar refractivity (Wildman–Crippen MR) is 105 cm³/mol. The van der Waals surface area contributed by atoms with Crippen molar-refractivity contribution < 1.29 is 9.53 Å². The molecule has 1 unspecified atom stereocenters. The van der Waals surface area contributed by atoms with Crippen LogP contribution in [-0.4, -0.2) is 37.9 Å². The lowest BCUT2D eigenvalue weighted by Crippen LogP contribution is -2.36. The number of ether oxygens (including phenoxy) is 1. The standard InChI is InChI=1S/C19H19N5O3S/c1-23-7-6-20-16(23)15(12-4-3-5-13(10-12)27-2)22-17(25)14-11-21-19-24(18(14)26)8-9-28-19/h3-7,10-11,15H,8-9H2,1-2H3,(H,22,25). The Balaban J connectivity index is 1.71. The molecule has 1 aliphatic heterocycles. The van der Waals surface area contributed by atoms with Crippen LogP contribution >= 0.6 is 11.8 Å². The van der Waals surface area contributed by atoms with Crippen LogP contribution in [0.2, 0.25) is 0 Å². The van der Waals surface area contributed by atoms with Gasteiger partial charge in [0.15, 0.2) is 5.16 Å². The van der Waals surface area contributed by atoms with Gasteiger partial charge in [-0.05, 0) is 17.7 Å². The van der Waals surface area contributed by atoms with E-state index < -0.39 is 11.9 Å². The van der Waals surface area contributed by atoms with Crippen molar-refractivity contribution in [3.63, 3.8) is 0 Å². The van der Waals surface area contributed by atoms with Crippen molar-refractivity contribution in [3.05, 3.63) is 70.2 Å². The average molecular weight is 397 g/mol. The number of nitrogens with zero attached hydrogens (tertiary/aromatic N) is 4. The fraction of sp³-hybridized carbons (Fsp3) is 0.263. The summed E-state index contributed by atoms with van der Waals surface area (Å²) in [6, 6.07) is 6.85. The molecule has 1 N–H and O–H groups in total. The minimum atomic E-state index is -0.547. The Morgan fingerprint density at radius 1 is 1.36 bits per heavy atom. The molecule has 0 aliphatic carbocycles. The Morgan fingerprint density at radius 2 is 2.21 bits per heavy atom. The maximum absolute atomic E-state index is 13.0. The molecule has 1 atom stereocenters. The molecule has 4 rings (SSSR count). The van der Waals surface area contributed by atoms with Crippen LogP contribution in [0.5, 0.6) is 5.75 Å². The molecule has 0 saturated carbocycles. The molecule has 9 heteroatoms. The number of carbonyl (C=O) groups is 1. The highest BCUT2D eigenvalue weighted by atomic mass is 32.2. The van der Waals surface area contributed by atoms with Gasteiger partial charge in [0, 0.05) is 37.9 Å². The number of aromatic nitrogens is 4. The topological polar surface area (TPSA) is 91.0 Å². The number of rotatable bonds is 5. The second-order valence-electron chi connectivity index (χ2n) is 6.34. The highest BCUT2D eigenvalue weighted by Gasteiger charge is 2.25. The molecule has 0 fully saturated rings. The number of aryl methyl sites for hydroxylation is 1. The minimum absolute atomic E-state index is 0.0216. The Morgan fingerprint density at radius 3 is 2.96 bits per heavy atom. The van der Waals surface area contributed by atoms with Crippen LogP contribution in [0.1, 0.15) is 27.8 Å². The van der Waals surface area contributed by atoms with Crippen LogP contribution in [0.3, 0.4) is 0 Å². The number of fused-ring (bicyclic) bond motifs is 1. The molecule has 0 spiro atoms. The van der Waals surface area contributed by atoms with Gasteiger partial charge in [-0.1, -0.05) is 23.9 Å². The highest BCUT2D eigenvalue weighted by Crippen LogP contribution is 2.25. The Hall–Kier alpha value is -3.07. The zero-order valence-corrected chi connectivity index (χ0v) is 16.3. The average Bonchev–Trinajstić information content (AvgIpc) is 3.35. The molecule has 1 aliphatic rings. The first-order valence-corrected chi connectivity index (χ1v) is 9.71. The molecule has 1 amide bonds. The van der Waals surface area contributed by atoms with E-state index in [2.05, 4.69) is 15.3 Å². The molecule has 144 valence electrons. The van der Waals surface area contributed by atoms with Crippen LogP contribution < -0.4 is 15.6 Å². The van der Waals surface area contributed by atoms with Crippen molar-refractivity contribution in [2.24, 2.45) is 7.05 Å². The number of methoxy groups -OCH3 is 1. The van der Waals surface area contributed by atoms with E-state index in [4.69, 9.17) is 4.74 Å². The van der Waals surface area contributed by atoms with E-state index in [-0.39, 0.29) is 11.1 Å². The summed E-state index contributed by atoms with van der Waals surface area (Å²) in [5.74, 6) is 1.61. The predicted octanol–water partition coefficient (Wildman–Crippen LogP) is 1.61. The Labute approximate surface area is 165 Å². The van der Waals surface area contributed by atoms with Crippen LogP contribution in [0.4, 0.5) is 0 Å². The summed E-state index contributed by atoms with van der Waals surface area (Å²) in [7, 11) is 3.44. The van der Waals surface area contributed by atoms with Gasteiger partial charge in [0.2, 0.25) is 0 Å². The van der Waals surface area contributed by atoms with Crippen LogP contribution in [0.25, 0.3) is 0 Å². The van der Waals surface area contributed by atoms with E-state index in [1.807, 2.05) is 35.9 Å². The van der Waals surface area contributed by atoms with Gasteiger partial charge in [-0.2, -0.15) is 0 Å². The normalized spacial score (nSPS) is 13.8. The number of imidazole rings is 1. The summed E-state index contributed by atoms with van der Waals surface area (Å²) in [5.41, 5.74) is 0.497. The second kappa shape index (κ2) is 7.51. The van der Waals surface area contributed by atoms with Crippen LogP contribution in [-0.2, 0) is 13.6 Å². The van der Waals surface area contributed by atoms with E-state index in [0.717, 1.165) is 11.3 Å². The lowest BCUT2D eigenvalue weighted by Gasteiger charge is -2.19. The molecular formula is C19H19N5O3S. The quantitative estimate of drug-likeness (QED) is 0.658. The van der Waals surface area contributed by atoms with Gasteiger partial charge in [-0.25, -0.2) is 9.97 Å². The van der Waals surface area contributed by atoms with Gasteiger partial charge < -0.3 is 14.6 Å². The maximum Gasteiger partial charge on any atom is 0.267 e. The summed E-state index contributed by atoms with van der Waals surface area (Å²) in [6.07, 6.45) is 4.82. The van der Waals surface area contributed by atoms with Crippen molar-refractivity contribution in [1.29, 1.82) is 0 Å². The fourth-order valence-corrected chi connectivity index (χ4v) is 4.07. The van der Waals surface area contributed by atoms with Gasteiger partial charge in [0.25, 0.3) is 11.5 Å². The SMILES string of the molecule is COc1cccc(C(NC(=O)c2cnc3n(c2=O)CCS3)c2nccn2C)c1. The van der Waals surface area contributed by atoms with Gasteiger partial charge in [0.05, 0.1) is 7.11 Å². The van der Waals surface area contributed by atoms with Crippen LogP contribution in [0, 0.1) is 0 Å². The molecule has 0 bridgehead atoms. The Bertz CT molecular complexity index is 1090. The third kappa shape index (κ3) is 3.29. The molecule has 3 aromatic rings. The number of thioether (sulfide) groups is 1. The van der Waals surface area contributed by atoms with E-state index in [0.29, 0.717) is 23.3 Å². The summed E-state index contributed by atoms with van der Waals surface area (Å²) >= 11 is 1.51. The third-order valence-corrected chi connectivity index (χ3v) is 5.59. The molecule has 0 saturated heterocycles. The monoisotopic (exact) mass is 397 g/mol. The molecule has 28 heavy (non-hydrogen) atoms. The number of hydrogen-bond donors (Lipinski definition) is 1. The maximum atomic E-state index is 13.0. The summed E-state index contributed by atoms with van der Waals surface area (Å²) < 4.78 is 8.68. The third-order valence-electron chi connectivity index (χ3n) is 4.62. The van der Waals surface area contributed by atoms with Crippen molar-refractivity contribution in [2.45, 2.75) is 17.7 Å². The summed E-state index contributed by atoms with van der Waals surface area (Å²) in [6.45, 7) is 0.561. The first kappa shape index (κ1) is 18.3. The van der Waals surface area contributed by atoms with E-state index in [1.165, 1.54) is 18.0 Å². The highest BCUT2D eigenvalue weighted by molar-refractivity contribution is 7.99. The fourth-order valence-electron chi connectivity index (χ4n) is 3.16. The Kier molecular flexibility index (Phi) is 4.91. The lowest BCUT2D eigenvalue weighted by molar-refractivity contribution is 0.0938. The first-order chi connectivity index (χ1) is 13.6. The van der Waals surface area contributed by atoms with Gasteiger partial charge in [-0.15, -0.1) is 0 Å². The second-order valence-corrected chi connectivity index (χ2v) is 7.40. The van der Waals surface area contributed by atoms with E-state index >= 15 is 0 Å². The zero-order valence-electron chi connectivity index (χ0n) is 15.5.